The van der Waals surface area contributed by atoms with Gasteiger partial charge >= 0.3 is 0 Å². The third-order valence-electron chi connectivity index (χ3n) is 5.24. The van der Waals surface area contributed by atoms with Crippen LogP contribution in [-0.4, -0.2) is 40.9 Å². The number of amides is 1. The topological polar surface area (TPSA) is 75.5 Å². The second-order valence-electron chi connectivity index (χ2n) is 6.77. The van der Waals surface area contributed by atoms with E-state index < -0.39 is 4.92 Å². The van der Waals surface area contributed by atoms with E-state index in [0.717, 1.165) is 22.9 Å². The summed E-state index contributed by atoms with van der Waals surface area (Å²) in [6, 6.07) is 7.87. The van der Waals surface area contributed by atoms with Crippen molar-refractivity contribution in [3.63, 3.8) is 0 Å². The molecule has 2 unspecified atom stereocenters. The van der Waals surface area contributed by atoms with Gasteiger partial charge in [0.05, 0.1) is 9.80 Å². The van der Waals surface area contributed by atoms with E-state index in [9.17, 15) is 14.9 Å². The summed E-state index contributed by atoms with van der Waals surface area (Å²) in [6.45, 7) is 0. The highest BCUT2D eigenvalue weighted by atomic mass is 35.5. The van der Waals surface area contributed by atoms with E-state index >= 15 is 0 Å². The number of rotatable bonds is 3. The van der Waals surface area contributed by atoms with Crippen molar-refractivity contribution in [3.8, 4) is 0 Å². The minimum atomic E-state index is -0.407. The highest BCUT2D eigenvalue weighted by molar-refractivity contribution is 7.20. The standard InChI is InChI=1S/C17H19N3O3S.ClH/c1-19(14-8-11-2-3-12(9-14)18-11)17(21)16-7-10-6-13(20(22)23)4-5-15(10)24-16;/h4-7,11-12,14,18H,2-3,8-9H2,1H3;1H. The summed E-state index contributed by atoms with van der Waals surface area (Å²) in [7, 11) is 1.88. The molecule has 4 rings (SSSR count). The number of nitrogens with zero attached hydrogens (tertiary/aromatic N) is 2. The number of hydrogen-bond acceptors (Lipinski definition) is 5. The normalized spacial score (nSPS) is 24.8. The van der Waals surface area contributed by atoms with Crippen LogP contribution in [0.5, 0.6) is 0 Å². The third-order valence-corrected chi connectivity index (χ3v) is 6.34. The van der Waals surface area contributed by atoms with Gasteiger partial charge in [0.25, 0.3) is 11.6 Å². The number of carbonyl (C=O) groups is 1. The zero-order valence-electron chi connectivity index (χ0n) is 13.8. The molecule has 1 N–H and O–H groups in total. The largest absolute Gasteiger partial charge is 0.338 e. The molecule has 25 heavy (non-hydrogen) atoms. The Morgan fingerprint density at radius 2 is 1.96 bits per heavy atom. The fourth-order valence-corrected chi connectivity index (χ4v) is 4.96. The van der Waals surface area contributed by atoms with Gasteiger partial charge in [-0.25, -0.2) is 0 Å². The first kappa shape index (κ1) is 18.1. The molecule has 0 radical (unpaired) electrons. The first-order valence-corrected chi connectivity index (χ1v) is 9.04. The van der Waals surface area contributed by atoms with Crippen molar-refractivity contribution in [2.24, 2.45) is 0 Å². The Kier molecular flexibility index (Phi) is 4.99. The van der Waals surface area contributed by atoms with Crippen LogP contribution in [0.3, 0.4) is 0 Å². The van der Waals surface area contributed by atoms with E-state index in [4.69, 9.17) is 0 Å². The van der Waals surface area contributed by atoms with Crippen LogP contribution in [0.25, 0.3) is 10.1 Å². The van der Waals surface area contributed by atoms with Crippen molar-refractivity contribution in [3.05, 3.63) is 39.3 Å². The summed E-state index contributed by atoms with van der Waals surface area (Å²) in [5, 5.41) is 15.2. The third kappa shape index (κ3) is 3.36. The Morgan fingerprint density at radius 1 is 1.28 bits per heavy atom. The lowest BCUT2D eigenvalue weighted by molar-refractivity contribution is -0.384. The first-order chi connectivity index (χ1) is 11.5. The van der Waals surface area contributed by atoms with Gasteiger partial charge in [-0.2, -0.15) is 0 Å². The summed E-state index contributed by atoms with van der Waals surface area (Å²) in [5.41, 5.74) is 0.0579. The molecule has 0 spiro atoms. The number of nitro groups is 1. The minimum Gasteiger partial charge on any atom is -0.338 e. The second-order valence-corrected chi connectivity index (χ2v) is 7.85. The van der Waals surface area contributed by atoms with Crippen LogP contribution in [-0.2, 0) is 0 Å². The molecule has 2 aliphatic rings. The molecular formula is C17H20ClN3O3S. The van der Waals surface area contributed by atoms with Crippen LogP contribution in [0.2, 0.25) is 0 Å². The Morgan fingerprint density at radius 3 is 2.60 bits per heavy atom. The summed E-state index contributed by atoms with van der Waals surface area (Å²) in [6.07, 6.45) is 4.43. The molecule has 2 fully saturated rings. The Bertz CT molecular complexity index is 813. The molecule has 3 heterocycles. The van der Waals surface area contributed by atoms with Gasteiger partial charge in [0.2, 0.25) is 0 Å². The zero-order valence-corrected chi connectivity index (χ0v) is 15.4. The van der Waals surface area contributed by atoms with Crippen molar-refractivity contribution in [2.75, 3.05) is 7.05 Å². The van der Waals surface area contributed by atoms with Crippen molar-refractivity contribution in [2.45, 2.75) is 43.8 Å². The van der Waals surface area contributed by atoms with Crippen LogP contribution in [0.1, 0.15) is 35.4 Å². The molecule has 8 heteroatoms. The number of hydrogen-bond donors (Lipinski definition) is 1. The average Bonchev–Trinajstić information content (AvgIpc) is 3.15. The first-order valence-electron chi connectivity index (χ1n) is 8.22. The molecule has 6 nitrogen and oxygen atoms in total. The zero-order chi connectivity index (χ0) is 16.8. The molecule has 2 atom stereocenters. The van der Waals surface area contributed by atoms with Gasteiger partial charge in [0.15, 0.2) is 0 Å². The molecule has 0 saturated carbocycles. The molecule has 2 aromatic rings. The van der Waals surface area contributed by atoms with Crippen molar-refractivity contribution >= 4 is 45.4 Å². The lowest BCUT2D eigenvalue weighted by Gasteiger charge is -2.35. The van der Waals surface area contributed by atoms with Gasteiger partial charge in [0, 0.05) is 47.4 Å². The molecule has 1 aromatic carbocycles. The molecular weight excluding hydrogens is 362 g/mol. The van der Waals surface area contributed by atoms with E-state index in [1.54, 1.807) is 12.1 Å². The van der Waals surface area contributed by atoms with Crippen LogP contribution in [0.4, 0.5) is 5.69 Å². The van der Waals surface area contributed by atoms with E-state index in [0.29, 0.717) is 17.0 Å². The summed E-state index contributed by atoms with van der Waals surface area (Å²) in [5.74, 6) is 0.0187. The van der Waals surface area contributed by atoms with Gasteiger partial charge in [-0.15, -0.1) is 23.7 Å². The fraction of sp³-hybridized carbons (Fsp3) is 0.471. The van der Waals surface area contributed by atoms with Crippen molar-refractivity contribution in [1.82, 2.24) is 10.2 Å². The number of nitrogens with one attached hydrogen (secondary N) is 1. The summed E-state index contributed by atoms with van der Waals surface area (Å²) >= 11 is 1.41. The molecule has 134 valence electrons. The van der Waals surface area contributed by atoms with Gasteiger partial charge in [-0.3, -0.25) is 14.9 Å². The average molecular weight is 382 g/mol. The quantitative estimate of drug-likeness (QED) is 0.651. The second kappa shape index (κ2) is 6.90. The van der Waals surface area contributed by atoms with Crippen LogP contribution >= 0.6 is 23.7 Å². The summed E-state index contributed by atoms with van der Waals surface area (Å²) < 4.78 is 0.905. The van der Waals surface area contributed by atoms with Gasteiger partial charge in [0.1, 0.15) is 0 Å². The lowest BCUT2D eigenvalue weighted by atomic mass is 9.98. The predicted octanol–water partition coefficient (Wildman–Crippen LogP) is 3.59. The van der Waals surface area contributed by atoms with Crippen LogP contribution < -0.4 is 5.32 Å². The highest BCUT2D eigenvalue weighted by Gasteiger charge is 2.36. The number of halogens is 1. The number of benzene rings is 1. The number of non-ortho nitro benzene ring substituents is 1. The molecule has 0 aliphatic carbocycles. The van der Waals surface area contributed by atoms with E-state index in [1.807, 2.05) is 11.9 Å². The van der Waals surface area contributed by atoms with Gasteiger partial charge in [-0.1, -0.05) is 0 Å². The van der Waals surface area contributed by atoms with E-state index in [1.165, 1.54) is 36.3 Å². The molecule has 1 amide bonds. The maximum absolute atomic E-state index is 12.8. The smallest absolute Gasteiger partial charge is 0.270 e. The van der Waals surface area contributed by atoms with Gasteiger partial charge < -0.3 is 10.2 Å². The van der Waals surface area contributed by atoms with Crippen molar-refractivity contribution < 1.29 is 9.72 Å². The van der Waals surface area contributed by atoms with E-state index in [2.05, 4.69) is 5.32 Å². The number of piperidine rings is 1. The number of fused-ring (bicyclic) bond motifs is 3. The highest BCUT2D eigenvalue weighted by Crippen LogP contribution is 2.33. The lowest BCUT2D eigenvalue weighted by Crippen LogP contribution is -2.48. The van der Waals surface area contributed by atoms with Crippen LogP contribution in [0.15, 0.2) is 24.3 Å². The molecule has 2 saturated heterocycles. The van der Waals surface area contributed by atoms with Crippen LogP contribution in [0, 0.1) is 10.1 Å². The number of carbonyl (C=O) groups excluding carboxylic acids is 1. The van der Waals surface area contributed by atoms with Gasteiger partial charge in [-0.05, 0) is 37.8 Å². The predicted molar refractivity (Wildman–Crippen MR) is 101 cm³/mol. The van der Waals surface area contributed by atoms with Crippen molar-refractivity contribution in [1.29, 1.82) is 0 Å². The SMILES string of the molecule is CN(C(=O)c1cc2cc([N+](=O)[O-])ccc2s1)C1CC2CCC(C1)N2.Cl. The molecule has 2 aliphatic heterocycles. The summed E-state index contributed by atoms with van der Waals surface area (Å²) in [4.78, 5) is 25.9. The molecule has 2 bridgehead atoms. The van der Waals surface area contributed by atoms with E-state index in [-0.39, 0.29) is 30.0 Å². The number of thiophene rings is 1. The monoisotopic (exact) mass is 381 g/mol. The molecule has 1 aromatic heterocycles. The Balaban J connectivity index is 0.00000182. The Labute approximate surface area is 155 Å². The number of nitro benzene ring substituents is 1. The maximum atomic E-state index is 12.8. The minimum absolute atomic E-state index is 0. The fourth-order valence-electron chi connectivity index (χ4n) is 3.93. The maximum Gasteiger partial charge on any atom is 0.270 e. The Hall–Kier alpha value is -1.70.